The molecule has 0 aromatic heterocycles. The Bertz CT molecular complexity index is 1320. The van der Waals surface area contributed by atoms with Crippen molar-refractivity contribution in [2.45, 2.75) is 15.5 Å². The van der Waals surface area contributed by atoms with E-state index in [2.05, 4.69) is 5.32 Å². The molecule has 0 bridgehead atoms. The van der Waals surface area contributed by atoms with E-state index in [4.69, 9.17) is 27.9 Å². The van der Waals surface area contributed by atoms with E-state index >= 15 is 0 Å². The zero-order chi connectivity index (χ0) is 22.9. The van der Waals surface area contributed by atoms with Gasteiger partial charge in [0.1, 0.15) is 5.75 Å². The van der Waals surface area contributed by atoms with Crippen molar-refractivity contribution in [2.24, 2.45) is 0 Å². The van der Waals surface area contributed by atoms with Crippen LogP contribution in [0.5, 0.6) is 5.75 Å². The number of rotatable bonds is 5. The lowest BCUT2D eigenvalue weighted by atomic mass is 10.2. The molecule has 3 aromatic rings. The van der Waals surface area contributed by atoms with E-state index in [0.717, 1.165) is 16.2 Å². The number of hydrogen-bond acceptors (Lipinski definition) is 5. The summed E-state index contributed by atoms with van der Waals surface area (Å²) in [6, 6.07) is 16.8. The van der Waals surface area contributed by atoms with Crippen LogP contribution in [0.4, 0.5) is 5.69 Å². The zero-order valence-electron chi connectivity index (χ0n) is 16.8. The molecule has 0 fully saturated rings. The zero-order valence-corrected chi connectivity index (χ0v) is 19.9. The van der Waals surface area contributed by atoms with Crippen LogP contribution < -0.4 is 10.1 Å². The molecule has 5 nitrogen and oxygen atoms in total. The van der Waals surface area contributed by atoms with Crippen LogP contribution in [0.25, 0.3) is 6.08 Å². The second kappa shape index (κ2) is 9.19. The fraction of sp³-hybridized carbons (Fsp3) is 0.0870. The standard InChI is InChI=1S/C23H17Cl2NO4S2/c1-30-15-7-5-14(6-8-15)11-22-23(27)26-20-12-16(9-10-21(20)31-22)32(28,29)13-17-18(24)3-2-4-19(17)25/h2-12H,13H2,1H3,(H,26,27). The summed E-state index contributed by atoms with van der Waals surface area (Å²) in [4.78, 5) is 13.9. The van der Waals surface area contributed by atoms with Gasteiger partial charge in [0.25, 0.3) is 5.91 Å². The summed E-state index contributed by atoms with van der Waals surface area (Å²) in [5.41, 5.74) is 1.64. The molecular formula is C23H17Cl2NO4S2. The molecule has 1 aliphatic heterocycles. The average Bonchev–Trinajstić information content (AvgIpc) is 2.77. The monoisotopic (exact) mass is 505 g/mol. The maximum absolute atomic E-state index is 13.0. The highest BCUT2D eigenvalue weighted by Crippen LogP contribution is 2.40. The van der Waals surface area contributed by atoms with Gasteiger partial charge < -0.3 is 10.1 Å². The minimum absolute atomic E-state index is 0.0794. The Kier molecular flexibility index (Phi) is 6.53. The Morgan fingerprint density at radius 1 is 1.03 bits per heavy atom. The molecule has 4 rings (SSSR count). The van der Waals surface area contributed by atoms with Gasteiger partial charge in [-0.25, -0.2) is 8.42 Å². The largest absolute Gasteiger partial charge is 0.497 e. The number of nitrogens with one attached hydrogen (secondary N) is 1. The number of ether oxygens (including phenoxy) is 1. The van der Waals surface area contributed by atoms with E-state index in [1.54, 1.807) is 37.5 Å². The van der Waals surface area contributed by atoms with Crippen LogP contribution in [0, 0.1) is 0 Å². The van der Waals surface area contributed by atoms with Crippen molar-refractivity contribution in [1.29, 1.82) is 0 Å². The Morgan fingerprint density at radius 2 is 1.72 bits per heavy atom. The first kappa shape index (κ1) is 22.7. The van der Waals surface area contributed by atoms with Crippen molar-refractivity contribution in [2.75, 3.05) is 12.4 Å². The number of anilines is 1. The first-order valence-electron chi connectivity index (χ1n) is 9.41. The quantitative estimate of drug-likeness (QED) is 0.426. The number of halogens is 2. The summed E-state index contributed by atoms with van der Waals surface area (Å²) in [5, 5.41) is 3.36. The molecule has 1 N–H and O–H groups in total. The fourth-order valence-electron chi connectivity index (χ4n) is 3.13. The van der Waals surface area contributed by atoms with Crippen molar-refractivity contribution < 1.29 is 17.9 Å². The van der Waals surface area contributed by atoms with Crippen LogP contribution >= 0.6 is 35.0 Å². The molecule has 32 heavy (non-hydrogen) atoms. The second-order valence-corrected chi connectivity index (χ2v) is 10.8. The Balaban J connectivity index is 1.60. The van der Waals surface area contributed by atoms with Crippen molar-refractivity contribution in [3.63, 3.8) is 0 Å². The Hall–Kier alpha value is -2.45. The average molecular weight is 506 g/mol. The molecule has 1 heterocycles. The molecule has 0 unspecified atom stereocenters. The fourth-order valence-corrected chi connectivity index (χ4v) is 6.18. The number of hydrogen-bond donors (Lipinski definition) is 1. The molecule has 3 aromatic carbocycles. The minimum atomic E-state index is -3.73. The van der Waals surface area contributed by atoms with Crippen LogP contribution in [-0.4, -0.2) is 21.4 Å². The molecule has 0 aliphatic carbocycles. The molecule has 0 saturated carbocycles. The summed E-state index contributed by atoms with van der Waals surface area (Å²) in [7, 11) is -2.14. The topological polar surface area (TPSA) is 72.5 Å². The highest BCUT2D eigenvalue weighted by Gasteiger charge is 2.25. The van der Waals surface area contributed by atoms with E-state index in [1.807, 2.05) is 24.3 Å². The van der Waals surface area contributed by atoms with E-state index in [1.165, 1.54) is 23.9 Å². The third-order valence-electron chi connectivity index (χ3n) is 4.81. The van der Waals surface area contributed by atoms with E-state index in [0.29, 0.717) is 16.2 Å². The summed E-state index contributed by atoms with van der Waals surface area (Å²) < 4.78 is 31.1. The van der Waals surface area contributed by atoms with Crippen molar-refractivity contribution in [1.82, 2.24) is 0 Å². The van der Waals surface area contributed by atoms with Crippen LogP contribution in [0.3, 0.4) is 0 Å². The lowest BCUT2D eigenvalue weighted by Crippen LogP contribution is -2.18. The second-order valence-electron chi connectivity index (χ2n) is 6.96. The number of carbonyl (C=O) groups is 1. The molecule has 0 spiro atoms. The number of sulfone groups is 1. The van der Waals surface area contributed by atoms with Gasteiger partial charge >= 0.3 is 0 Å². The van der Waals surface area contributed by atoms with Gasteiger partial charge in [0.2, 0.25) is 0 Å². The van der Waals surface area contributed by atoms with Crippen molar-refractivity contribution >= 4 is 62.5 Å². The molecule has 0 atom stereocenters. The predicted octanol–water partition coefficient (Wildman–Crippen LogP) is 6.06. The molecule has 0 saturated heterocycles. The maximum atomic E-state index is 13.0. The van der Waals surface area contributed by atoms with E-state index in [-0.39, 0.29) is 26.6 Å². The Labute approximate surface area is 200 Å². The SMILES string of the molecule is COc1ccc(C=C2Sc3ccc(S(=O)(=O)Cc4c(Cl)cccc4Cl)cc3NC2=O)cc1. The van der Waals surface area contributed by atoms with Crippen LogP contribution in [0.2, 0.25) is 10.0 Å². The van der Waals surface area contributed by atoms with Gasteiger partial charge in [-0.2, -0.15) is 0 Å². The van der Waals surface area contributed by atoms with Crippen LogP contribution in [0.1, 0.15) is 11.1 Å². The Morgan fingerprint density at radius 3 is 2.38 bits per heavy atom. The van der Waals surface area contributed by atoms with E-state index in [9.17, 15) is 13.2 Å². The number of benzene rings is 3. The summed E-state index contributed by atoms with van der Waals surface area (Å²) in [6.07, 6.45) is 1.77. The number of amides is 1. The third kappa shape index (κ3) is 4.81. The van der Waals surface area contributed by atoms with Crippen LogP contribution in [0.15, 0.2) is 75.4 Å². The van der Waals surface area contributed by atoms with Crippen molar-refractivity contribution in [3.05, 3.63) is 86.7 Å². The smallest absolute Gasteiger partial charge is 0.262 e. The van der Waals surface area contributed by atoms with Gasteiger partial charge in [0.15, 0.2) is 9.84 Å². The molecule has 9 heteroatoms. The summed E-state index contributed by atoms with van der Waals surface area (Å²) in [5.74, 6) is 0.0839. The third-order valence-corrected chi connectivity index (χ3v) is 8.26. The molecule has 1 aliphatic rings. The maximum Gasteiger partial charge on any atom is 0.262 e. The molecule has 164 valence electrons. The van der Waals surface area contributed by atoms with Gasteiger partial charge in [-0.05, 0) is 54.1 Å². The minimum Gasteiger partial charge on any atom is -0.497 e. The molecular weight excluding hydrogens is 489 g/mol. The first-order valence-corrected chi connectivity index (χ1v) is 12.6. The van der Waals surface area contributed by atoms with Gasteiger partial charge in [-0.15, -0.1) is 0 Å². The van der Waals surface area contributed by atoms with Crippen LogP contribution in [-0.2, 0) is 20.4 Å². The number of fused-ring (bicyclic) bond motifs is 1. The first-order chi connectivity index (χ1) is 15.3. The highest BCUT2D eigenvalue weighted by molar-refractivity contribution is 8.04. The lowest BCUT2D eigenvalue weighted by Gasteiger charge is -2.19. The molecule has 1 amide bonds. The number of methoxy groups -OCH3 is 1. The number of thioether (sulfide) groups is 1. The number of carbonyl (C=O) groups excluding carboxylic acids is 1. The highest BCUT2D eigenvalue weighted by atomic mass is 35.5. The van der Waals surface area contributed by atoms with Gasteiger partial charge in [-0.3, -0.25) is 4.79 Å². The van der Waals surface area contributed by atoms with Gasteiger partial charge in [0, 0.05) is 20.5 Å². The molecule has 0 radical (unpaired) electrons. The van der Waals surface area contributed by atoms with Gasteiger partial charge in [-0.1, -0.05) is 53.2 Å². The summed E-state index contributed by atoms with van der Waals surface area (Å²) >= 11 is 13.5. The predicted molar refractivity (Wildman–Crippen MR) is 129 cm³/mol. The van der Waals surface area contributed by atoms with Gasteiger partial charge in [0.05, 0.1) is 28.4 Å². The van der Waals surface area contributed by atoms with E-state index < -0.39 is 9.84 Å². The lowest BCUT2D eigenvalue weighted by molar-refractivity contribution is -0.112. The van der Waals surface area contributed by atoms with Crippen molar-refractivity contribution in [3.8, 4) is 5.75 Å². The normalized spacial score (nSPS) is 14.7. The summed E-state index contributed by atoms with van der Waals surface area (Å²) in [6.45, 7) is 0.